The number of hydrogen-bond donors (Lipinski definition) is 3. The first-order valence-corrected chi connectivity index (χ1v) is 12.7. The Kier molecular flexibility index (Phi) is 8.20. The van der Waals surface area contributed by atoms with E-state index in [1.807, 2.05) is 38.1 Å². The SMILES string of the molecule is C=NCC(CC1CCNC1=O)NC(=O)C(CC(C)C)NS(=O)(=O)c1ccc2ccccc2c1. The summed E-state index contributed by atoms with van der Waals surface area (Å²) in [7, 11) is -3.93. The zero-order valence-corrected chi connectivity index (χ0v) is 19.9. The molecule has 2 aromatic rings. The molecule has 0 bridgehead atoms. The Morgan fingerprint density at radius 1 is 1.21 bits per heavy atom. The number of rotatable bonds is 11. The molecule has 8 nitrogen and oxygen atoms in total. The fourth-order valence-electron chi connectivity index (χ4n) is 4.12. The van der Waals surface area contributed by atoms with Gasteiger partial charge in [0.1, 0.15) is 6.04 Å². The maximum atomic E-state index is 13.1. The van der Waals surface area contributed by atoms with Gasteiger partial charge in [0, 0.05) is 18.5 Å². The third-order valence-corrected chi connectivity index (χ3v) is 7.25. The van der Waals surface area contributed by atoms with E-state index in [4.69, 9.17) is 0 Å². The first-order valence-electron chi connectivity index (χ1n) is 11.2. The number of sulfonamides is 1. The van der Waals surface area contributed by atoms with E-state index in [0.29, 0.717) is 25.8 Å². The highest BCUT2D eigenvalue weighted by Crippen LogP contribution is 2.20. The van der Waals surface area contributed by atoms with E-state index in [1.54, 1.807) is 12.1 Å². The standard InChI is InChI=1S/C24H32N4O4S/c1-16(2)12-22(24(30)27-20(15-25-3)13-19-10-11-26-23(19)29)28-33(31,32)21-9-8-17-6-4-5-7-18(17)14-21/h4-9,14,16,19-20,22,28H,3,10-13,15H2,1-2H3,(H,26,29)(H,27,30). The van der Waals surface area contributed by atoms with Gasteiger partial charge in [-0.15, -0.1) is 0 Å². The summed E-state index contributed by atoms with van der Waals surface area (Å²) in [6.45, 7) is 8.23. The first-order chi connectivity index (χ1) is 15.7. The quantitative estimate of drug-likeness (QED) is 0.435. The summed E-state index contributed by atoms with van der Waals surface area (Å²) in [5.74, 6) is -0.583. The van der Waals surface area contributed by atoms with Gasteiger partial charge in [0.2, 0.25) is 21.8 Å². The predicted octanol–water partition coefficient (Wildman–Crippen LogP) is 2.24. The molecule has 1 heterocycles. The maximum Gasteiger partial charge on any atom is 0.241 e. The van der Waals surface area contributed by atoms with Crippen molar-refractivity contribution >= 4 is 39.3 Å². The van der Waals surface area contributed by atoms with Crippen LogP contribution in [0.5, 0.6) is 0 Å². The molecule has 2 aromatic carbocycles. The van der Waals surface area contributed by atoms with Crippen LogP contribution in [0.3, 0.4) is 0 Å². The maximum absolute atomic E-state index is 13.1. The largest absolute Gasteiger partial charge is 0.356 e. The Balaban J connectivity index is 1.77. The lowest BCUT2D eigenvalue weighted by Crippen LogP contribution is -2.51. The number of hydrogen-bond acceptors (Lipinski definition) is 5. The summed E-state index contributed by atoms with van der Waals surface area (Å²) < 4.78 is 28.9. The van der Waals surface area contributed by atoms with Crippen molar-refractivity contribution in [3.05, 3.63) is 42.5 Å². The molecule has 2 amide bonds. The Morgan fingerprint density at radius 2 is 1.94 bits per heavy atom. The average Bonchev–Trinajstić information content (AvgIpc) is 3.16. The van der Waals surface area contributed by atoms with E-state index in [9.17, 15) is 18.0 Å². The molecular formula is C24H32N4O4S. The topological polar surface area (TPSA) is 117 Å². The van der Waals surface area contributed by atoms with E-state index < -0.39 is 28.0 Å². The van der Waals surface area contributed by atoms with Gasteiger partial charge in [-0.25, -0.2) is 8.42 Å². The second-order valence-corrected chi connectivity index (χ2v) is 10.7. The van der Waals surface area contributed by atoms with Gasteiger partial charge < -0.3 is 10.6 Å². The minimum atomic E-state index is -3.93. The Morgan fingerprint density at radius 3 is 2.58 bits per heavy atom. The third kappa shape index (κ3) is 6.61. The van der Waals surface area contributed by atoms with Crippen molar-refractivity contribution in [1.29, 1.82) is 0 Å². The van der Waals surface area contributed by atoms with Crippen molar-refractivity contribution in [2.45, 2.75) is 50.1 Å². The molecule has 3 rings (SSSR count). The average molecular weight is 473 g/mol. The van der Waals surface area contributed by atoms with Gasteiger partial charge in [-0.2, -0.15) is 4.72 Å². The molecule has 9 heteroatoms. The number of amides is 2. The fraction of sp³-hybridized carbons (Fsp3) is 0.458. The monoisotopic (exact) mass is 472 g/mol. The number of nitrogens with one attached hydrogen (secondary N) is 3. The molecule has 3 atom stereocenters. The lowest BCUT2D eigenvalue weighted by molar-refractivity contribution is -0.125. The van der Waals surface area contributed by atoms with E-state index in [-0.39, 0.29) is 29.2 Å². The molecule has 33 heavy (non-hydrogen) atoms. The van der Waals surface area contributed by atoms with Crippen LogP contribution in [-0.2, 0) is 19.6 Å². The van der Waals surface area contributed by atoms with Gasteiger partial charge in [-0.1, -0.05) is 44.2 Å². The smallest absolute Gasteiger partial charge is 0.241 e. The van der Waals surface area contributed by atoms with E-state index in [1.165, 1.54) is 6.07 Å². The number of fused-ring (bicyclic) bond motifs is 1. The highest BCUT2D eigenvalue weighted by atomic mass is 32.2. The summed E-state index contributed by atoms with van der Waals surface area (Å²) in [4.78, 5) is 29.1. The summed E-state index contributed by atoms with van der Waals surface area (Å²) in [6.07, 6.45) is 1.46. The zero-order chi connectivity index (χ0) is 24.0. The zero-order valence-electron chi connectivity index (χ0n) is 19.1. The van der Waals surface area contributed by atoms with Crippen molar-refractivity contribution in [2.75, 3.05) is 13.1 Å². The van der Waals surface area contributed by atoms with Gasteiger partial charge in [0.25, 0.3) is 0 Å². The van der Waals surface area contributed by atoms with E-state index in [2.05, 4.69) is 27.1 Å². The number of carbonyl (C=O) groups is 2. The second-order valence-electron chi connectivity index (χ2n) is 8.94. The van der Waals surface area contributed by atoms with Crippen LogP contribution in [0, 0.1) is 11.8 Å². The van der Waals surface area contributed by atoms with Crippen molar-refractivity contribution in [1.82, 2.24) is 15.4 Å². The van der Waals surface area contributed by atoms with Gasteiger partial charge in [0.15, 0.2) is 0 Å². The predicted molar refractivity (Wildman–Crippen MR) is 130 cm³/mol. The molecule has 3 N–H and O–H groups in total. The molecule has 1 saturated heterocycles. The molecule has 0 aromatic heterocycles. The molecule has 3 unspecified atom stereocenters. The van der Waals surface area contributed by atoms with Crippen LogP contribution in [0.2, 0.25) is 0 Å². The minimum absolute atomic E-state index is 0.0333. The van der Waals surface area contributed by atoms with Gasteiger partial charge in [0.05, 0.1) is 11.4 Å². The Bertz CT molecular complexity index is 1120. The highest BCUT2D eigenvalue weighted by molar-refractivity contribution is 7.89. The molecule has 1 aliphatic heterocycles. The number of carbonyl (C=O) groups excluding carboxylic acids is 2. The lowest BCUT2D eigenvalue weighted by atomic mass is 9.97. The van der Waals surface area contributed by atoms with Crippen molar-refractivity contribution in [3.63, 3.8) is 0 Å². The fourth-order valence-corrected chi connectivity index (χ4v) is 5.36. The molecule has 1 aliphatic rings. The number of benzene rings is 2. The highest BCUT2D eigenvalue weighted by Gasteiger charge is 2.31. The van der Waals surface area contributed by atoms with Crippen LogP contribution in [0.15, 0.2) is 52.4 Å². The molecule has 0 spiro atoms. The normalized spacial score (nSPS) is 18.2. The van der Waals surface area contributed by atoms with Crippen molar-refractivity contribution < 1.29 is 18.0 Å². The molecule has 0 radical (unpaired) electrons. The van der Waals surface area contributed by atoms with Crippen LogP contribution in [0.1, 0.15) is 33.1 Å². The first kappa shape index (κ1) is 24.9. The third-order valence-electron chi connectivity index (χ3n) is 5.78. The summed E-state index contributed by atoms with van der Waals surface area (Å²) in [5.41, 5.74) is 0. The van der Waals surface area contributed by atoms with Crippen LogP contribution < -0.4 is 15.4 Å². The van der Waals surface area contributed by atoms with Gasteiger partial charge in [-0.05, 0) is 54.8 Å². The summed E-state index contributed by atoms with van der Waals surface area (Å²) in [5, 5.41) is 7.42. The molecule has 0 aliphatic carbocycles. The summed E-state index contributed by atoms with van der Waals surface area (Å²) in [6, 6.07) is 11.0. The number of nitrogens with zero attached hydrogens (tertiary/aromatic N) is 1. The van der Waals surface area contributed by atoms with Crippen LogP contribution >= 0.6 is 0 Å². The van der Waals surface area contributed by atoms with E-state index in [0.717, 1.165) is 10.8 Å². The Labute approximate surface area is 195 Å². The minimum Gasteiger partial charge on any atom is -0.356 e. The number of aliphatic imine (C=N–C) groups is 1. The molecule has 1 fully saturated rings. The summed E-state index contributed by atoms with van der Waals surface area (Å²) >= 11 is 0. The van der Waals surface area contributed by atoms with E-state index >= 15 is 0 Å². The van der Waals surface area contributed by atoms with Crippen molar-refractivity contribution in [3.8, 4) is 0 Å². The van der Waals surface area contributed by atoms with Crippen molar-refractivity contribution in [2.24, 2.45) is 16.8 Å². The second kappa shape index (κ2) is 10.9. The van der Waals surface area contributed by atoms with Crippen LogP contribution in [0.4, 0.5) is 0 Å². The molecule has 178 valence electrons. The van der Waals surface area contributed by atoms with Gasteiger partial charge in [-0.3, -0.25) is 14.6 Å². The Hall–Kier alpha value is -2.78. The lowest BCUT2D eigenvalue weighted by Gasteiger charge is -2.25. The molecule has 0 saturated carbocycles. The van der Waals surface area contributed by atoms with Crippen LogP contribution in [0.25, 0.3) is 10.8 Å². The molecular weight excluding hydrogens is 440 g/mol. The van der Waals surface area contributed by atoms with Gasteiger partial charge >= 0.3 is 0 Å². The van der Waals surface area contributed by atoms with Crippen LogP contribution in [-0.4, -0.2) is 52.1 Å².